The van der Waals surface area contributed by atoms with E-state index in [2.05, 4.69) is 31.0 Å². The van der Waals surface area contributed by atoms with Crippen LogP contribution < -0.4 is 10.0 Å². The van der Waals surface area contributed by atoms with Crippen molar-refractivity contribution < 1.29 is 8.42 Å². The predicted octanol–water partition coefficient (Wildman–Crippen LogP) is 3.47. The smallest absolute Gasteiger partial charge is 0.262 e. The van der Waals surface area contributed by atoms with Crippen LogP contribution in [-0.2, 0) is 10.0 Å². The van der Waals surface area contributed by atoms with Crippen molar-refractivity contribution in [2.45, 2.75) is 18.2 Å². The van der Waals surface area contributed by atoms with Gasteiger partial charge in [-0.05, 0) is 36.8 Å². The summed E-state index contributed by atoms with van der Waals surface area (Å²) in [7, 11) is -3.62. The Labute approximate surface area is 133 Å². The van der Waals surface area contributed by atoms with Crippen molar-refractivity contribution in [1.82, 2.24) is 4.98 Å². The van der Waals surface area contributed by atoms with Crippen molar-refractivity contribution in [3.63, 3.8) is 0 Å². The number of benzene rings is 1. The lowest BCUT2D eigenvalue weighted by Gasteiger charge is -2.10. The molecule has 0 atom stereocenters. The van der Waals surface area contributed by atoms with Crippen LogP contribution in [0.15, 0.2) is 52.0 Å². The fraction of sp³-hybridized carbons (Fsp3) is 0.214. The molecule has 0 saturated carbocycles. The SMILES string of the molecule is CCCNc1cc(S(=O)(=O)Nc2ccc(Br)cc2)ccn1. The van der Waals surface area contributed by atoms with Crippen molar-refractivity contribution in [2.24, 2.45) is 0 Å². The van der Waals surface area contributed by atoms with Crippen molar-refractivity contribution in [3.05, 3.63) is 47.1 Å². The summed E-state index contributed by atoms with van der Waals surface area (Å²) in [6, 6.07) is 9.94. The van der Waals surface area contributed by atoms with E-state index in [-0.39, 0.29) is 4.90 Å². The molecule has 1 aromatic carbocycles. The maximum atomic E-state index is 12.3. The Hall–Kier alpha value is -1.60. The number of rotatable bonds is 6. The van der Waals surface area contributed by atoms with Crippen LogP contribution in [0.3, 0.4) is 0 Å². The van der Waals surface area contributed by atoms with Crippen LogP contribution in [0, 0.1) is 0 Å². The molecule has 5 nitrogen and oxygen atoms in total. The highest BCUT2D eigenvalue weighted by molar-refractivity contribution is 9.10. The normalized spacial score (nSPS) is 11.1. The van der Waals surface area contributed by atoms with E-state index in [1.165, 1.54) is 18.3 Å². The first-order valence-electron chi connectivity index (χ1n) is 6.49. The highest BCUT2D eigenvalue weighted by Gasteiger charge is 2.15. The fourth-order valence-corrected chi connectivity index (χ4v) is 3.00. The van der Waals surface area contributed by atoms with E-state index < -0.39 is 10.0 Å². The van der Waals surface area contributed by atoms with Gasteiger partial charge in [0.2, 0.25) is 0 Å². The van der Waals surface area contributed by atoms with E-state index in [0.29, 0.717) is 11.5 Å². The summed E-state index contributed by atoms with van der Waals surface area (Å²) in [5.41, 5.74) is 0.512. The van der Waals surface area contributed by atoms with Gasteiger partial charge in [0.25, 0.3) is 10.0 Å². The minimum absolute atomic E-state index is 0.180. The molecule has 112 valence electrons. The molecule has 2 N–H and O–H groups in total. The number of hydrogen-bond acceptors (Lipinski definition) is 4. The van der Waals surface area contributed by atoms with Gasteiger partial charge in [0, 0.05) is 29.0 Å². The number of anilines is 2. The lowest BCUT2D eigenvalue weighted by molar-refractivity contribution is 0.601. The molecule has 0 aliphatic heterocycles. The minimum Gasteiger partial charge on any atom is -0.370 e. The fourth-order valence-electron chi connectivity index (χ4n) is 1.66. The van der Waals surface area contributed by atoms with E-state index in [9.17, 15) is 8.42 Å². The van der Waals surface area contributed by atoms with Gasteiger partial charge in [-0.25, -0.2) is 13.4 Å². The molecule has 7 heteroatoms. The third-order valence-electron chi connectivity index (χ3n) is 2.69. The zero-order valence-corrected chi connectivity index (χ0v) is 13.9. The Morgan fingerprint density at radius 2 is 1.90 bits per heavy atom. The minimum atomic E-state index is -3.62. The molecule has 1 aromatic heterocycles. The highest BCUT2D eigenvalue weighted by Crippen LogP contribution is 2.19. The molecule has 2 rings (SSSR count). The summed E-state index contributed by atoms with van der Waals surface area (Å²) >= 11 is 3.31. The summed E-state index contributed by atoms with van der Waals surface area (Å²) < 4.78 is 28.1. The first kappa shape index (κ1) is 15.8. The van der Waals surface area contributed by atoms with Crippen LogP contribution in [-0.4, -0.2) is 19.9 Å². The lowest BCUT2D eigenvalue weighted by Crippen LogP contribution is -2.13. The summed E-state index contributed by atoms with van der Waals surface area (Å²) in [5.74, 6) is 0.551. The highest BCUT2D eigenvalue weighted by atomic mass is 79.9. The van der Waals surface area contributed by atoms with Crippen LogP contribution >= 0.6 is 15.9 Å². The van der Waals surface area contributed by atoms with Crippen LogP contribution in [0.1, 0.15) is 13.3 Å². The van der Waals surface area contributed by atoms with Crippen molar-refractivity contribution >= 4 is 37.5 Å². The third-order valence-corrected chi connectivity index (χ3v) is 4.60. The van der Waals surface area contributed by atoms with Crippen molar-refractivity contribution in [2.75, 3.05) is 16.6 Å². The summed E-state index contributed by atoms with van der Waals surface area (Å²) in [5, 5.41) is 3.07. The molecule has 0 amide bonds. The number of nitrogens with one attached hydrogen (secondary N) is 2. The van der Waals surface area contributed by atoms with Crippen molar-refractivity contribution in [3.8, 4) is 0 Å². The average Bonchev–Trinajstić information content (AvgIpc) is 2.48. The van der Waals surface area contributed by atoms with Gasteiger partial charge in [-0.15, -0.1) is 0 Å². The Morgan fingerprint density at radius 1 is 1.19 bits per heavy atom. The number of sulfonamides is 1. The Balaban J connectivity index is 2.20. The Kier molecular flexibility index (Phi) is 5.19. The van der Waals surface area contributed by atoms with Crippen LogP contribution in [0.25, 0.3) is 0 Å². The van der Waals surface area contributed by atoms with Gasteiger partial charge in [-0.2, -0.15) is 0 Å². The largest absolute Gasteiger partial charge is 0.370 e. The molecule has 1 heterocycles. The Bertz CT molecular complexity index is 702. The molecular weight excluding hydrogens is 354 g/mol. The Morgan fingerprint density at radius 3 is 2.57 bits per heavy atom. The first-order valence-corrected chi connectivity index (χ1v) is 8.77. The van der Waals surface area contributed by atoms with Crippen LogP contribution in [0.5, 0.6) is 0 Å². The molecule has 0 unspecified atom stereocenters. The number of hydrogen-bond donors (Lipinski definition) is 2. The summed E-state index contributed by atoms with van der Waals surface area (Å²) in [6.07, 6.45) is 2.42. The molecule has 0 fully saturated rings. The van der Waals surface area contributed by atoms with Crippen LogP contribution in [0.2, 0.25) is 0 Å². The molecule has 0 spiro atoms. The van der Waals surface area contributed by atoms with E-state index in [1.54, 1.807) is 24.3 Å². The number of pyridine rings is 1. The van der Waals surface area contributed by atoms with Gasteiger partial charge in [-0.3, -0.25) is 4.72 Å². The lowest BCUT2D eigenvalue weighted by atomic mass is 10.3. The van der Waals surface area contributed by atoms with E-state index in [4.69, 9.17) is 0 Å². The molecule has 0 aliphatic rings. The van der Waals surface area contributed by atoms with Gasteiger partial charge in [0.15, 0.2) is 0 Å². The first-order chi connectivity index (χ1) is 10.0. The number of aromatic nitrogens is 1. The molecule has 0 saturated heterocycles. The van der Waals surface area contributed by atoms with Gasteiger partial charge in [0.1, 0.15) is 5.82 Å². The van der Waals surface area contributed by atoms with Crippen molar-refractivity contribution in [1.29, 1.82) is 0 Å². The maximum absolute atomic E-state index is 12.3. The molecule has 0 aliphatic carbocycles. The second-order valence-corrected chi connectivity index (χ2v) is 7.01. The van der Waals surface area contributed by atoms with Gasteiger partial charge < -0.3 is 5.32 Å². The molecular formula is C14H16BrN3O2S. The molecule has 2 aromatic rings. The second-order valence-electron chi connectivity index (χ2n) is 4.42. The van der Waals surface area contributed by atoms with E-state index in [0.717, 1.165) is 17.4 Å². The topological polar surface area (TPSA) is 71.1 Å². The van der Waals surface area contributed by atoms with Crippen LogP contribution in [0.4, 0.5) is 11.5 Å². The zero-order valence-electron chi connectivity index (χ0n) is 11.5. The zero-order chi connectivity index (χ0) is 15.3. The standard InChI is InChI=1S/C14H16BrN3O2S/c1-2-8-16-14-10-13(7-9-17-14)21(19,20)18-12-5-3-11(15)4-6-12/h3-7,9-10,18H,2,8H2,1H3,(H,16,17). The second kappa shape index (κ2) is 6.91. The monoisotopic (exact) mass is 369 g/mol. The number of nitrogens with zero attached hydrogens (tertiary/aromatic N) is 1. The maximum Gasteiger partial charge on any atom is 0.262 e. The van der Waals surface area contributed by atoms with Gasteiger partial charge in [0.05, 0.1) is 4.90 Å². The van der Waals surface area contributed by atoms with E-state index >= 15 is 0 Å². The van der Waals surface area contributed by atoms with Gasteiger partial charge in [-0.1, -0.05) is 22.9 Å². The van der Waals surface area contributed by atoms with E-state index in [1.807, 2.05) is 6.92 Å². The predicted molar refractivity (Wildman–Crippen MR) is 88.0 cm³/mol. The molecule has 21 heavy (non-hydrogen) atoms. The third kappa shape index (κ3) is 4.44. The summed E-state index contributed by atoms with van der Waals surface area (Å²) in [6.45, 7) is 2.78. The van der Waals surface area contributed by atoms with Gasteiger partial charge >= 0.3 is 0 Å². The molecule has 0 bridgehead atoms. The quantitative estimate of drug-likeness (QED) is 0.817. The number of halogens is 1. The average molecular weight is 370 g/mol. The summed E-state index contributed by atoms with van der Waals surface area (Å²) in [4.78, 5) is 4.28. The molecule has 0 radical (unpaired) electrons.